The fourth-order valence-electron chi connectivity index (χ4n) is 0.995. The zero-order chi connectivity index (χ0) is 15.1. The lowest BCUT2D eigenvalue weighted by Gasteiger charge is -2.06. The topological polar surface area (TPSA) is 65.2 Å². The van der Waals surface area contributed by atoms with E-state index in [-0.39, 0.29) is 0 Å². The van der Waals surface area contributed by atoms with Gasteiger partial charge in [0, 0.05) is 34.5 Å². The Balaban J connectivity index is 3.93. The monoisotopic (exact) mass is 392 g/mol. The van der Waals surface area contributed by atoms with Gasteiger partial charge in [0.1, 0.15) is 0 Å². The van der Waals surface area contributed by atoms with Crippen molar-refractivity contribution in [1.82, 2.24) is 0 Å². The quantitative estimate of drug-likeness (QED) is 0.114. The van der Waals surface area contributed by atoms with Crippen molar-refractivity contribution >= 4 is 82.4 Å². The number of thioether (sulfide) groups is 4. The van der Waals surface area contributed by atoms with Gasteiger partial charge in [-0.15, -0.1) is 0 Å². The molecule has 10 heteroatoms. The molecule has 0 amide bonds. The van der Waals surface area contributed by atoms with Crippen molar-refractivity contribution in [2.45, 2.75) is 0 Å². The van der Waals surface area contributed by atoms with Gasteiger partial charge in [0.2, 0.25) is 0 Å². The van der Waals surface area contributed by atoms with E-state index in [4.69, 9.17) is 10.4 Å². The Kier molecular flexibility index (Phi) is 17.3. The SMILES string of the molecule is O/N=C(SCCSCCS)/C(=N\O)SCCSCCS. The van der Waals surface area contributed by atoms with Crippen LogP contribution in [-0.4, -0.2) is 66.5 Å². The summed E-state index contributed by atoms with van der Waals surface area (Å²) >= 11 is 14.7. The lowest BCUT2D eigenvalue weighted by Crippen LogP contribution is -2.10. The fourth-order valence-corrected chi connectivity index (χ4v) is 5.23. The van der Waals surface area contributed by atoms with E-state index in [1.807, 2.05) is 0 Å². The molecule has 0 saturated heterocycles. The van der Waals surface area contributed by atoms with Crippen molar-refractivity contribution in [2.75, 3.05) is 46.0 Å². The fraction of sp³-hybridized carbons (Fsp3) is 0.800. The molecule has 118 valence electrons. The third-order valence-corrected chi connectivity index (χ3v) is 7.35. The summed E-state index contributed by atoms with van der Waals surface area (Å²) in [6, 6.07) is 0. The minimum absolute atomic E-state index is 0.378. The van der Waals surface area contributed by atoms with Crippen LogP contribution in [0.3, 0.4) is 0 Å². The zero-order valence-corrected chi connectivity index (χ0v) is 16.0. The Hall–Kier alpha value is 1.04. The molecule has 0 rings (SSSR count). The van der Waals surface area contributed by atoms with E-state index in [0.717, 1.165) is 46.0 Å². The lowest BCUT2D eigenvalue weighted by atomic mass is 10.8. The van der Waals surface area contributed by atoms with Gasteiger partial charge in [0.15, 0.2) is 10.1 Å². The smallest absolute Gasteiger partial charge is 0.171 e. The second kappa shape index (κ2) is 16.4. The van der Waals surface area contributed by atoms with Crippen LogP contribution in [0.4, 0.5) is 0 Å². The van der Waals surface area contributed by atoms with Crippen molar-refractivity contribution in [3.05, 3.63) is 0 Å². The van der Waals surface area contributed by atoms with Gasteiger partial charge in [-0.3, -0.25) is 0 Å². The van der Waals surface area contributed by atoms with E-state index >= 15 is 0 Å². The van der Waals surface area contributed by atoms with Crippen LogP contribution in [0.5, 0.6) is 0 Å². The highest BCUT2D eigenvalue weighted by Crippen LogP contribution is 2.17. The summed E-state index contributed by atoms with van der Waals surface area (Å²) in [5.41, 5.74) is 0. The second-order valence-electron chi connectivity index (χ2n) is 3.18. The molecular weight excluding hydrogens is 373 g/mol. The summed E-state index contributed by atoms with van der Waals surface area (Å²) in [7, 11) is 0. The van der Waals surface area contributed by atoms with Crippen molar-refractivity contribution in [3.8, 4) is 0 Å². The molecule has 0 aliphatic heterocycles. The molecule has 0 bridgehead atoms. The van der Waals surface area contributed by atoms with Crippen LogP contribution in [0.1, 0.15) is 0 Å². The van der Waals surface area contributed by atoms with Crippen molar-refractivity contribution < 1.29 is 10.4 Å². The average molecular weight is 393 g/mol. The van der Waals surface area contributed by atoms with Gasteiger partial charge in [-0.25, -0.2) is 0 Å². The molecule has 0 aliphatic carbocycles. The molecule has 4 nitrogen and oxygen atoms in total. The average Bonchev–Trinajstić information content (AvgIpc) is 2.48. The largest absolute Gasteiger partial charge is 0.410 e. The molecule has 20 heavy (non-hydrogen) atoms. The number of rotatable bonds is 10. The summed E-state index contributed by atoms with van der Waals surface area (Å²) in [6.45, 7) is 0. The summed E-state index contributed by atoms with van der Waals surface area (Å²) in [5.74, 6) is 7.26. The Morgan fingerprint density at radius 1 is 0.700 bits per heavy atom. The third kappa shape index (κ3) is 11.7. The molecule has 0 atom stereocenters. The van der Waals surface area contributed by atoms with Crippen LogP contribution in [0.2, 0.25) is 0 Å². The number of nitrogens with zero attached hydrogens (tertiary/aromatic N) is 2. The van der Waals surface area contributed by atoms with Crippen molar-refractivity contribution in [2.24, 2.45) is 10.3 Å². The minimum atomic E-state index is 0.378. The molecule has 0 fully saturated rings. The molecule has 0 radical (unpaired) electrons. The Morgan fingerprint density at radius 3 is 1.40 bits per heavy atom. The molecule has 0 aromatic heterocycles. The van der Waals surface area contributed by atoms with Crippen LogP contribution in [0, 0.1) is 0 Å². The Bertz CT molecular complexity index is 263. The highest BCUT2D eigenvalue weighted by molar-refractivity contribution is 8.25. The van der Waals surface area contributed by atoms with Crippen LogP contribution in [-0.2, 0) is 0 Å². The maximum atomic E-state index is 9.00. The third-order valence-electron chi connectivity index (χ3n) is 1.77. The summed E-state index contributed by atoms with van der Waals surface area (Å²) in [6.07, 6.45) is 0. The van der Waals surface area contributed by atoms with Gasteiger partial charge in [-0.05, 0) is 11.5 Å². The maximum absolute atomic E-state index is 9.00. The number of hydrogen-bond donors (Lipinski definition) is 4. The zero-order valence-electron chi connectivity index (χ0n) is 11.0. The molecular formula is C10H20N2O2S6. The van der Waals surface area contributed by atoms with E-state index < -0.39 is 0 Å². The minimum Gasteiger partial charge on any atom is -0.410 e. The Labute approximate surface area is 148 Å². The Morgan fingerprint density at radius 2 is 1.10 bits per heavy atom. The van der Waals surface area contributed by atoms with Crippen LogP contribution in [0.15, 0.2) is 10.3 Å². The van der Waals surface area contributed by atoms with E-state index in [2.05, 4.69) is 35.6 Å². The van der Waals surface area contributed by atoms with E-state index in [9.17, 15) is 0 Å². The maximum Gasteiger partial charge on any atom is 0.171 e. The first kappa shape index (κ1) is 21.0. The molecule has 0 aromatic rings. The number of oxime groups is 2. The molecule has 0 saturated carbocycles. The molecule has 0 spiro atoms. The second-order valence-corrected chi connectivity index (χ2v) is 8.69. The summed E-state index contributed by atoms with van der Waals surface area (Å²) in [4.78, 5) is 0. The number of thiol groups is 2. The standard InChI is InChI=1S/C10H20N2O2S6/c13-11-9(19-7-5-17-3-1-15)10(12-14)20-8-6-18-4-2-16/h13-16H,1-8H2/b11-9-,12-10+. The van der Waals surface area contributed by atoms with Crippen molar-refractivity contribution in [3.63, 3.8) is 0 Å². The summed E-state index contributed by atoms with van der Waals surface area (Å²) in [5, 5.41) is 25.2. The predicted molar refractivity (Wildman–Crippen MR) is 106 cm³/mol. The number of hydrogen-bond acceptors (Lipinski definition) is 10. The first-order chi connectivity index (χ1) is 9.79. The summed E-state index contributed by atoms with van der Waals surface area (Å²) < 4.78 is 0. The molecule has 0 aromatic carbocycles. The normalized spacial score (nSPS) is 12.9. The highest BCUT2D eigenvalue weighted by Gasteiger charge is 2.12. The van der Waals surface area contributed by atoms with E-state index in [1.165, 1.54) is 23.5 Å². The molecule has 0 unspecified atom stereocenters. The van der Waals surface area contributed by atoms with Gasteiger partial charge in [-0.2, -0.15) is 48.8 Å². The first-order valence-corrected chi connectivity index (χ1v) is 11.4. The van der Waals surface area contributed by atoms with Crippen LogP contribution >= 0.6 is 72.3 Å². The first-order valence-electron chi connectivity index (χ1n) is 5.87. The van der Waals surface area contributed by atoms with E-state index in [1.54, 1.807) is 23.5 Å². The van der Waals surface area contributed by atoms with E-state index in [0.29, 0.717) is 10.1 Å². The highest BCUT2D eigenvalue weighted by atomic mass is 32.2. The predicted octanol–water partition coefficient (Wildman–Crippen LogP) is 3.35. The van der Waals surface area contributed by atoms with Crippen LogP contribution in [0.25, 0.3) is 0 Å². The van der Waals surface area contributed by atoms with Crippen molar-refractivity contribution in [1.29, 1.82) is 0 Å². The lowest BCUT2D eigenvalue weighted by molar-refractivity contribution is 0.316. The molecule has 2 N–H and O–H groups in total. The van der Waals surface area contributed by atoms with Gasteiger partial charge >= 0.3 is 0 Å². The van der Waals surface area contributed by atoms with Crippen LogP contribution < -0.4 is 0 Å². The van der Waals surface area contributed by atoms with Gasteiger partial charge < -0.3 is 10.4 Å². The van der Waals surface area contributed by atoms with Gasteiger partial charge in [0.25, 0.3) is 0 Å². The molecule has 0 aliphatic rings. The van der Waals surface area contributed by atoms with Gasteiger partial charge in [-0.1, -0.05) is 33.8 Å². The van der Waals surface area contributed by atoms with Gasteiger partial charge in [0.05, 0.1) is 0 Å². The molecule has 0 heterocycles.